The lowest BCUT2D eigenvalue weighted by molar-refractivity contribution is 0.603. The summed E-state index contributed by atoms with van der Waals surface area (Å²) in [6.45, 7) is 2.59. The molecule has 7 heteroatoms. The minimum atomic E-state index is -3.53. The number of aryl methyl sites for hydroxylation is 1. The first kappa shape index (κ1) is 15.5. The molecule has 0 bridgehead atoms. The van der Waals surface area contributed by atoms with E-state index in [2.05, 4.69) is 26.0 Å². The van der Waals surface area contributed by atoms with Crippen molar-refractivity contribution in [3.8, 4) is 0 Å². The molecule has 4 nitrogen and oxygen atoms in total. The number of nitrogens with one attached hydrogen (secondary N) is 2. The third kappa shape index (κ3) is 3.60. The van der Waals surface area contributed by atoms with Crippen LogP contribution < -0.4 is 10.0 Å². The topological polar surface area (TPSA) is 58.2 Å². The summed E-state index contributed by atoms with van der Waals surface area (Å²) in [7, 11) is -1.69. The van der Waals surface area contributed by atoms with Gasteiger partial charge in [0, 0.05) is 21.6 Å². The highest BCUT2D eigenvalue weighted by atomic mass is 79.9. The van der Waals surface area contributed by atoms with Gasteiger partial charge in [0.1, 0.15) is 4.21 Å². The van der Waals surface area contributed by atoms with E-state index < -0.39 is 10.0 Å². The molecule has 1 aromatic carbocycles. The van der Waals surface area contributed by atoms with E-state index >= 15 is 0 Å². The van der Waals surface area contributed by atoms with E-state index in [1.54, 1.807) is 24.3 Å². The number of benzene rings is 1. The van der Waals surface area contributed by atoms with Crippen LogP contribution in [0.25, 0.3) is 0 Å². The van der Waals surface area contributed by atoms with Crippen LogP contribution in [0, 0.1) is 6.92 Å². The van der Waals surface area contributed by atoms with Gasteiger partial charge in [-0.1, -0.05) is 22.0 Å². The van der Waals surface area contributed by atoms with Gasteiger partial charge in [0.25, 0.3) is 10.0 Å². The van der Waals surface area contributed by atoms with Crippen molar-refractivity contribution >= 4 is 43.0 Å². The summed E-state index contributed by atoms with van der Waals surface area (Å²) in [5.74, 6) is 0. The van der Waals surface area contributed by atoms with Crippen molar-refractivity contribution in [2.75, 3.05) is 11.8 Å². The Balaban J connectivity index is 2.28. The van der Waals surface area contributed by atoms with Crippen LogP contribution in [0.3, 0.4) is 0 Å². The maximum absolute atomic E-state index is 12.3. The molecular formula is C13H15BrN2O2S2. The van der Waals surface area contributed by atoms with Crippen LogP contribution in [0.4, 0.5) is 5.69 Å². The SMILES string of the molecule is CNCc1sc(S(=O)(=O)Nc2cccc(Br)c2)cc1C. The molecule has 0 aliphatic rings. The second kappa shape index (κ2) is 6.26. The van der Waals surface area contributed by atoms with Crippen LogP contribution >= 0.6 is 27.3 Å². The van der Waals surface area contributed by atoms with Gasteiger partial charge >= 0.3 is 0 Å². The largest absolute Gasteiger partial charge is 0.315 e. The van der Waals surface area contributed by atoms with Crippen molar-refractivity contribution in [1.82, 2.24) is 5.32 Å². The van der Waals surface area contributed by atoms with Gasteiger partial charge in [0.15, 0.2) is 0 Å². The van der Waals surface area contributed by atoms with Crippen LogP contribution in [-0.4, -0.2) is 15.5 Å². The zero-order valence-electron chi connectivity index (χ0n) is 11.1. The fourth-order valence-electron chi connectivity index (χ4n) is 1.71. The number of sulfonamides is 1. The molecule has 0 amide bonds. The molecule has 0 unspecified atom stereocenters. The molecule has 0 saturated carbocycles. The highest BCUT2D eigenvalue weighted by molar-refractivity contribution is 9.10. The monoisotopic (exact) mass is 374 g/mol. The lowest BCUT2D eigenvalue weighted by Gasteiger charge is -2.06. The first-order valence-electron chi connectivity index (χ1n) is 5.94. The Bertz CT molecular complexity index is 711. The Morgan fingerprint density at radius 3 is 2.70 bits per heavy atom. The average Bonchev–Trinajstić information content (AvgIpc) is 2.72. The molecule has 0 spiro atoms. The van der Waals surface area contributed by atoms with Crippen molar-refractivity contribution in [1.29, 1.82) is 0 Å². The van der Waals surface area contributed by atoms with Crippen molar-refractivity contribution in [3.63, 3.8) is 0 Å². The quantitative estimate of drug-likeness (QED) is 0.843. The Labute approximate surface area is 131 Å². The predicted molar refractivity (Wildman–Crippen MR) is 86.8 cm³/mol. The van der Waals surface area contributed by atoms with E-state index in [9.17, 15) is 8.42 Å². The Morgan fingerprint density at radius 1 is 1.30 bits per heavy atom. The van der Waals surface area contributed by atoms with E-state index in [4.69, 9.17) is 0 Å². The molecule has 0 fully saturated rings. The summed E-state index contributed by atoms with van der Waals surface area (Å²) in [5.41, 5.74) is 1.53. The molecular weight excluding hydrogens is 360 g/mol. The van der Waals surface area contributed by atoms with Crippen LogP contribution in [0.1, 0.15) is 10.4 Å². The minimum absolute atomic E-state index is 0.334. The maximum Gasteiger partial charge on any atom is 0.271 e. The molecule has 20 heavy (non-hydrogen) atoms. The maximum atomic E-state index is 12.3. The Hall–Kier alpha value is -0.890. The van der Waals surface area contributed by atoms with Gasteiger partial charge in [-0.25, -0.2) is 8.42 Å². The third-order valence-electron chi connectivity index (χ3n) is 2.68. The van der Waals surface area contributed by atoms with E-state index in [-0.39, 0.29) is 0 Å². The molecule has 1 heterocycles. The first-order chi connectivity index (χ1) is 9.42. The minimum Gasteiger partial charge on any atom is -0.315 e. The third-order valence-corrected chi connectivity index (χ3v) is 6.26. The summed E-state index contributed by atoms with van der Waals surface area (Å²) >= 11 is 4.61. The molecule has 0 atom stereocenters. The fraction of sp³-hybridized carbons (Fsp3) is 0.231. The molecule has 2 aromatic rings. The molecule has 2 rings (SSSR count). The summed E-state index contributed by atoms with van der Waals surface area (Å²) in [6, 6.07) is 8.79. The van der Waals surface area contributed by atoms with Gasteiger partial charge in [-0.3, -0.25) is 4.72 Å². The van der Waals surface area contributed by atoms with Gasteiger partial charge in [-0.05, 0) is 43.8 Å². The second-order valence-corrected chi connectivity index (χ2v) is 8.28. The van der Waals surface area contributed by atoms with Crippen molar-refractivity contribution in [2.45, 2.75) is 17.7 Å². The smallest absolute Gasteiger partial charge is 0.271 e. The van der Waals surface area contributed by atoms with Gasteiger partial charge in [-0.15, -0.1) is 11.3 Å². The number of hydrogen-bond donors (Lipinski definition) is 2. The highest BCUT2D eigenvalue weighted by Crippen LogP contribution is 2.28. The number of anilines is 1. The average molecular weight is 375 g/mol. The van der Waals surface area contributed by atoms with Gasteiger partial charge in [0.05, 0.1) is 0 Å². The molecule has 0 saturated heterocycles. The first-order valence-corrected chi connectivity index (χ1v) is 9.04. The lowest BCUT2D eigenvalue weighted by atomic mass is 10.3. The van der Waals surface area contributed by atoms with Gasteiger partial charge in [0.2, 0.25) is 0 Å². The fourth-order valence-corrected chi connectivity index (χ4v) is 4.76. The number of halogens is 1. The van der Waals surface area contributed by atoms with Gasteiger partial charge in [-0.2, -0.15) is 0 Å². The standard InChI is InChI=1S/C13H15BrN2O2S2/c1-9-6-13(19-12(9)8-15-2)20(17,18)16-11-5-3-4-10(14)7-11/h3-7,15-16H,8H2,1-2H3. The number of rotatable bonds is 5. The number of thiophene rings is 1. The molecule has 1 aromatic heterocycles. The zero-order chi connectivity index (χ0) is 14.8. The predicted octanol–water partition coefficient (Wildman–Crippen LogP) is 3.34. The van der Waals surface area contributed by atoms with Crippen molar-refractivity contribution < 1.29 is 8.42 Å². The molecule has 0 aliphatic heterocycles. The van der Waals surface area contributed by atoms with Gasteiger partial charge < -0.3 is 5.32 Å². The Kier molecular flexibility index (Phi) is 4.85. The van der Waals surface area contributed by atoms with Crippen LogP contribution in [-0.2, 0) is 16.6 Å². The zero-order valence-corrected chi connectivity index (χ0v) is 14.3. The Morgan fingerprint density at radius 2 is 2.05 bits per heavy atom. The van der Waals surface area contributed by atoms with Crippen LogP contribution in [0.5, 0.6) is 0 Å². The van der Waals surface area contributed by atoms with E-state index in [0.29, 0.717) is 16.4 Å². The second-order valence-electron chi connectivity index (χ2n) is 4.32. The summed E-state index contributed by atoms with van der Waals surface area (Å²) in [4.78, 5) is 1.03. The van der Waals surface area contributed by atoms with Crippen LogP contribution in [0.15, 0.2) is 39.0 Å². The molecule has 0 radical (unpaired) electrons. The van der Waals surface area contributed by atoms with Crippen molar-refractivity contribution in [2.24, 2.45) is 0 Å². The summed E-state index contributed by atoms with van der Waals surface area (Å²) < 4.78 is 28.4. The number of hydrogen-bond acceptors (Lipinski definition) is 4. The molecule has 2 N–H and O–H groups in total. The summed E-state index contributed by atoms with van der Waals surface area (Å²) in [6.07, 6.45) is 0. The lowest BCUT2D eigenvalue weighted by Crippen LogP contribution is -2.11. The van der Waals surface area contributed by atoms with Crippen molar-refractivity contribution in [3.05, 3.63) is 45.2 Å². The summed E-state index contributed by atoms with van der Waals surface area (Å²) in [5, 5.41) is 3.04. The molecule has 108 valence electrons. The normalized spacial score (nSPS) is 11.6. The van der Waals surface area contributed by atoms with E-state index in [1.807, 2.05) is 20.0 Å². The highest BCUT2D eigenvalue weighted by Gasteiger charge is 2.18. The van der Waals surface area contributed by atoms with Crippen LogP contribution in [0.2, 0.25) is 0 Å². The van der Waals surface area contributed by atoms with E-state index in [1.165, 1.54) is 11.3 Å². The molecule has 0 aliphatic carbocycles. The van der Waals surface area contributed by atoms with E-state index in [0.717, 1.165) is 14.9 Å².